The molecule has 3 aromatic carbocycles. The first-order valence-electron chi connectivity index (χ1n) is 9.98. The van der Waals surface area contributed by atoms with E-state index in [2.05, 4.69) is 5.32 Å². The molecule has 5 nitrogen and oxygen atoms in total. The summed E-state index contributed by atoms with van der Waals surface area (Å²) in [7, 11) is -4.04. The molecule has 0 spiro atoms. The van der Waals surface area contributed by atoms with Crippen LogP contribution in [0.5, 0.6) is 0 Å². The van der Waals surface area contributed by atoms with Crippen molar-refractivity contribution in [2.45, 2.75) is 31.7 Å². The molecule has 0 saturated heterocycles. The number of rotatable bonds is 7. The lowest BCUT2D eigenvalue weighted by Gasteiger charge is -2.26. The van der Waals surface area contributed by atoms with Gasteiger partial charge >= 0.3 is 0 Å². The first-order valence-corrected chi connectivity index (χ1v) is 12.2. The Morgan fingerprint density at radius 2 is 1.59 bits per heavy atom. The van der Waals surface area contributed by atoms with Gasteiger partial charge in [0.25, 0.3) is 10.0 Å². The summed E-state index contributed by atoms with van der Waals surface area (Å²) >= 11 is 12.2. The zero-order valence-corrected chi connectivity index (χ0v) is 20.3. The van der Waals surface area contributed by atoms with Crippen LogP contribution in [0.25, 0.3) is 0 Å². The minimum atomic E-state index is -4.04. The van der Waals surface area contributed by atoms with Gasteiger partial charge in [-0.15, -0.1) is 0 Å². The Kier molecular flexibility index (Phi) is 7.49. The van der Waals surface area contributed by atoms with Gasteiger partial charge in [0, 0.05) is 10.0 Å². The second kappa shape index (κ2) is 9.94. The fourth-order valence-electron chi connectivity index (χ4n) is 3.44. The third-order valence-corrected chi connectivity index (χ3v) is 7.26. The minimum Gasteiger partial charge on any atom is -0.348 e. The summed E-state index contributed by atoms with van der Waals surface area (Å²) in [6.45, 7) is 5.39. The summed E-state index contributed by atoms with van der Waals surface area (Å²) < 4.78 is 27.8. The van der Waals surface area contributed by atoms with Crippen LogP contribution in [0.1, 0.15) is 29.7 Å². The molecule has 0 aliphatic heterocycles. The van der Waals surface area contributed by atoms with Gasteiger partial charge in [-0.3, -0.25) is 9.10 Å². The molecule has 0 heterocycles. The molecule has 32 heavy (non-hydrogen) atoms. The molecule has 3 rings (SSSR count). The van der Waals surface area contributed by atoms with E-state index < -0.39 is 22.5 Å². The van der Waals surface area contributed by atoms with Crippen LogP contribution in [0, 0.1) is 13.8 Å². The molecule has 1 atom stereocenters. The highest BCUT2D eigenvalue weighted by molar-refractivity contribution is 7.92. The van der Waals surface area contributed by atoms with Crippen LogP contribution in [0.4, 0.5) is 5.69 Å². The molecular formula is C24H24Cl2N2O3S. The van der Waals surface area contributed by atoms with Gasteiger partial charge in [-0.25, -0.2) is 8.42 Å². The number of benzene rings is 3. The number of carbonyl (C=O) groups excluding carboxylic acids is 1. The van der Waals surface area contributed by atoms with E-state index in [0.717, 1.165) is 21.0 Å². The number of aryl methyl sites for hydroxylation is 2. The number of hydrogen-bond acceptors (Lipinski definition) is 3. The van der Waals surface area contributed by atoms with Crippen molar-refractivity contribution in [3.63, 3.8) is 0 Å². The number of nitrogens with one attached hydrogen (secondary N) is 1. The quantitative estimate of drug-likeness (QED) is 0.462. The van der Waals surface area contributed by atoms with Crippen LogP contribution in [-0.2, 0) is 14.8 Å². The van der Waals surface area contributed by atoms with Crippen molar-refractivity contribution in [1.82, 2.24) is 5.32 Å². The number of halogens is 2. The molecule has 0 aromatic heterocycles. The molecule has 0 saturated carbocycles. The SMILES string of the molecule is Cc1ccc(C)c(C(C)NC(=O)CN(c2cc(Cl)cc(Cl)c2)S(=O)(=O)c2ccccc2)c1. The Morgan fingerprint density at radius 3 is 2.22 bits per heavy atom. The number of anilines is 1. The maximum absolute atomic E-state index is 13.4. The topological polar surface area (TPSA) is 66.5 Å². The van der Waals surface area contributed by atoms with Crippen LogP contribution in [0.2, 0.25) is 10.0 Å². The van der Waals surface area contributed by atoms with E-state index in [1.165, 1.54) is 30.3 Å². The lowest BCUT2D eigenvalue weighted by Crippen LogP contribution is -2.41. The van der Waals surface area contributed by atoms with Crippen LogP contribution in [0.15, 0.2) is 71.6 Å². The average molecular weight is 491 g/mol. The third-order valence-electron chi connectivity index (χ3n) is 5.03. The van der Waals surface area contributed by atoms with Crippen molar-refractivity contribution in [3.8, 4) is 0 Å². The first-order chi connectivity index (χ1) is 15.1. The molecule has 0 bridgehead atoms. The van der Waals surface area contributed by atoms with Crippen molar-refractivity contribution < 1.29 is 13.2 Å². The van der Waals surface area contributed by atoms with Gasteiger partial charge in [0.2, 0.25) is 5.91 Å². The van der Waals surface area contributed by atoms with Gasteiger partial charge in [-0.2, -0.15) is 0 Å². The Balaban J connectivity index is 1.93. The zero-order valence-electron chi connectivity index (χ0n) is 18.0. The number of amides is 1. The summed E-state index contributed by atoms with van der Waals surface area (Å²) in [5.41, 5.74) is 3.30. The van der Waals surface area contributed by atoms with E-state index in [9.17, 15) is 13.2 Å². The van der Waals surface area contributed by atoms with Crippen LogP contribution in [0.3, 0.4) is 0 Å². The number of hydrogen-bond donors (Lipinski definition) is 1. The summed E-state index contributed by atoms with van der Waals surface area (Å²) in [4.78, 5) is 13.0. The Labute approximate surface area is 199 Å². The maximum atomic E-state index is 13.4. The lowest BCUT2D eigenvalue weighted by atomic mass is 10.00. The lowest BCUT2D eigenvalue weighted by molar-refractivity contribution is -0.120. The van der Waals surface area contributed by atoms with E-state index in [1.807, 2.05) is 39.0 Å². The molecule has 1 amide bonds. The Hall–Kier alpha value is -2.54. The largest absolute Gasteiger partial charge is 0.348 e. The summed E-state index contributed by atoms with van der Waals surface area (Å²) in [6.07, 6.45) is 0. The molecule has 0 radical (unpaired) electrons. The highest BCUT2D eigenvalue weighted by atomic mass is 35.5. The molecule has 1 unspecified atom stereocenters. The summed E-state index contributed by atoms with van der Waals surface area (Å²) in [6, 6.07) is 18.1. The summed E-state index contributed by atoms with van der Waals surface area (Å²) in [5, 5.41) is 3.44. The van der Waals surface area contributed by atoms with Crippen LogP contribution < -0.4 is 9.62 Å². The van der Waals surface area contributed by atoms with Gasteiger partial charge < -0.3 is 5.32 Å². The predicted molar refractivity (Wildman–Crippen MR) is 130 cm³/mol. The van der Waals surface area contributed by atoms with Crippen molar-refractivity contribution >= 4 is 44.8 Å². The van der Waals surface area contributed by atoms with E-state index >= 15 is 0 Å². The Morgan fingerprint density at radius 1 is 0.969 bits per heavy atom. The number of nitrogens with zero attached hydrogens (tertiary/aromatic N) is 1. The fraction of sp³-hybridized carbons (Fsp3) is 0.208. The fourth-order valence-corrected chi connectivity index (χ4v) is 5.38. The van der Waals surface area contributed by atoms with Crippen LogP contribution in [-0.4, -0.2) is 20.9 Å². The highest BCUT2D eigenvalue weighted by Crippen LogP contribution is 2.29. The van der Waals surface area contributed by atoms with Crippen molar-refractivity contribution in [3.05, 3.63) is 93.5 Å². The summed E-state index contributed by atoms with van der Waals surface area (Å²) in [5.74, 6) is -0.450. The van der Waals surface area contributed by atoms with Crippen molar-refractivity contribution in [2.75, 3.05) is 10.8 Å². The molecule has 0 aliphatic carbocycles. The average Bonchev–Trinajstić information content (AvgIpc) is 2.73. The van der Waals surface area contributed by atoms with Crippen LogP contribution >= 0.6 is 23.2 Å². The predicted octanol–water partition coefficient (Wildman–Crippen LogP) is 5.68. The van der Waals surface area contributed by atoms with E-state index in [-0.39, 0.29) is 26.7 Å². The standard InChI is InChI=1S/C24H24Cl2N2O3S/c1-16-9-10-17(2)23(11-16)18(3)27-24(29)15-28(21-13-19(25)12-20(26)14-21)32(30,31)22-7-5-4-6-8-22/h4-14,18H,15H2,1-3H3,(H,27,29). The zero-order chi connectivity index (χ0) is 23.5. The normalized spacial score (nSPS) is 12.3. The monoisotopic (exact) mass is 490 g/mol. The third kappa shape index (κ3) is 5.63. The number of sulfonamides is 1. The highest BCUT2D eigenvalue weighted by Gasteiger charge is 2.28. The second-order valence-electron chi connectivity index (χ2n) is 7.60. The first kappa shape index (κ1) is 24.1. The van der Waals surface area contributed by atoms with Gasteiger partial charge in [0.15, 0.2) is 0 Å². The van der Waals surface area contributed by atoms with E-state index in [0.29, 0.717) is 0 Å². The molecule has 168 valence electrons. The minimum absolute atomic E-state index is 0.0616. The maximum Gasteiger partial charge on any atom is 0.264 e. The van der Waals surface area contributed by atoms with Gasteiger partial charge in [-0.05, 0) is 62.2 Å². The molecule has 0 aliphatic rings. The molecule has 1 N–H and O–H groups in total. The van der Waals surface area contributed by atoms with Crippen molar-refractivity contribution in [2.24, 2.45) is 0 Å². The molecular weight excluding hydrogens is 467 g/mol. The van der Waals surface area contributed by atoms with Gasteiger partial charge in [0.05, 0.1) is 16.6 Å². The molecule has 8 heteroatoms. The molecule has 0 fully saturated rings. The van der Waals surface area contributed by atoms with E-state index in [1.54, 1.807) is 18.2 Å². The molecule has 3 aromatic rings. The van der Waals surface area contributed by atoms with Crippen molar-refractivity contribution in [1.29, 1.82) is 0 Å². The van der Waals surface area contributed by atoms with Gasteiger partial charge in [0.1, 0.15) is 6.54 Å². The Bertz CT molecular complexity index is 1210. The number of carbonyl (C=O) groups is 1. The van der Waals surface area contributed by atoms with E-state index in [4.69, 9.17) is 23.2 Å². The smallest absolute Gasteiger partial charge is 0.264 e. The second-order valence-corrected chi connectivity index (χ2v) is 10.3. The van der Waals surface area contributed by atoms with Gasteiger partial charge in [-0.1, -0.05) is 65.2 Å².